The van der Waals surface area contributed by atoms with Crippen LogP contribution in [0.4, 0.5) is 4.79 Å². The molecule has 1 N–H and O–H groups in total. The molecule has 0 aromatic heterocycles. The van der Waals surface area contributed by atoms with Crippen LogP contribution in [0.15, 0.2) is 4.99 Å². The molecular formula is C15H27IN4O2. The van der Waals surface area contributed by atoms with E-state index in [1.54, 1.807) is 0 Å². The molecule has 3 unspecified atom stereocenters. The predicted molar refractivity (Wildman–Crippen MR) is 96.7 cm³/mol. The molecule has 1 amide bonds. The average molecular weight is 422 g/mol. The van der Waals surface area contributed by atoms with Crippen molar-refractivity contribution in [2.24, 2.45) is 10.9 Å². The van der Waals surface area contributed by atoms with Crippen LogP contribution in [-0.2, 0) is 4.74 Å². The Morgan fingerprint density at radius 3 is 2.64 bits per heavy atom. The summed E-state index contributed by atoms with van der Waals surface area (Å²) in [6, 6.07) is 0.884. The Morgan fingerprint density at radius 2 is 2.05 bits per heavy atom. The van der Waals surface area contributed by atoms with Crippen molar-refractivity contribution in [3.05, 3.63) is 0 Å². The van der Waals surface area contributed by atoms with Crippen molar-refractivity contribution in [1.29, 1.82) is 0 Å². The van der Waals surface area contributed by atoms with Gasteiger partial charge in [0, 0.05) is 25.7 Å². The number of guanidine groups is 1. The fraction of sp³-hybridized carbons (Fsp3) is 0.867. The van der Waals surface area contributed by atoms with Crippen LogP contribution >= 0.6 is 24.0 Å². The van der Waals surface area contributed by atoms with Crippen LogP contribution in [0, 0.1) is 5.92 Å². The number of aliphatic imine (C=N–C) groups is 1. The summed E-state index contributed by atoms with van der Waals surface area (Å²) in [5.41, 5.74) is -0.435. The predicted octanol–water partition coefficient (Wildman–Crippen LogP) is 1.89. The van der Waals surface area contributed by atoms with Crippen molar-refractivity contribution in [3.8, 4) is 0 Å². The third-order valence-electron chi connectivity index (χ3n) is 4.28. The highest BCUT2D eigenvalue weighted by Crippen LogP contribution is 2.30. The lowest BCUT2D eigenvalue weighted by atomic mass is 10.2. The maximum atomic E-state index is 12.1. The van der Waals surface area contributed by atoms with Gasteiger partial charge in [-0.25, -0.2) is 4.79 Å². The monoisotopic (exact) mass is 422 g/mol. The molecule has 2 fully saturated rings. The van der Waals surface area contributed by atoms with E-state index in [9.17, 15) is 4.79 Å². The SMILES string of the molecule is CC1CC1NC1=NCC2CN(C(=O)OC(C)(C)C)CCN12.I. The molecule has 2 heterocycles. The molecule has 0 aromatic carbocycles. The first-order valence-electron chi connectivity index (χ1n) is 7.89. The van der Waals surface area contributed by atoms with Crippen molar-refractivity contribution in [2.45, 2.75) is 51.8 Å². The van der Waals surface area contributed by atoms with Crippen LogP contribution in [0.2, 0.25) is 0 Å². The second-order valence-electron chi connectivity index (χ2n) is 7.40. The summed E-state index contributed by atoms with van der Waals surface area (Å²) in [5.74, 6) is 1.79. The second kappa shape index (κ2) is 6.41. The number of halogens is 1. The summed E-state index contributed by atoms with van der Waals surface area (Å²) in [6.07, 6.45) is 1.03. The Kier molecular flexibility index (Phi) is 5.13. The molecule has 1 saturated carbocycles. The topological polar surface area (TPSA) is 57.2 Å². The Morgan fingerprint density at radius 1 is 1.36 bits per heavy atom. The van der Waals surface area contributed by atoms with E-state index in [1.807, 2.05) is 25.7 Å². The number of carbonyl (C=O) groups excluding carboxylic acids is 1. The largest absolute Gasteiger partial charge is 0.444 e. The molecule has 1 saturated heterocycles. The number of fused-ring (bicyclic) bond motifs is 1. The summed E-state index contributed by atoms with van der Waals surface area (Å²) in [4.78, 5) is 20.9. The molecule has 0 spiro atoms. The Balaban J connectivity index is 0.00000176. The highest BCUT2D eigenvalue weighted by molar-refractivity contribution is 14.0. The lowest BCUT2D eigenvalue weighted by Gasteiger charge is -2.39. The average Bonchev–Trinajstić information content (AvgIpc) is 2.93. The second-order valence-corrected chi connectivity index (χ2v) is 7.40. The summed E-state index contributed by atoms with van der Waals surface area (Å²) in [7, 11) is 0. The van der Waals surface area contributed by atoms with E-state index in [4.69, 9.17) is 4.74 Å². The van der Waals surface area contributed by atoms with Gasteiger partial charge < -0.3 is 19.9 Å². The fourth-order valence-corrected chi connectivity index (χ4v) is 2.88. The molecule has 0 bridgehead atoms. The molecule has 126 valence electrons. The van der Waals surface area contributed by atoms with Crippen LogP contribution in [0.3, 0.4) is 0 Å². The highest BCUT2D eigenvalue weighted by atomic mass is 127. The van der Waals surface area contributed by atoms with Crippen LogP contribution < -0.4 is 5.32 Å². The van der Waals surface area contributed by atoms with Gasteiger partial charge in [0.25, 0.3) is 0 Å². The van der Waals surface area contributed by atoms with E-state index in [-0.39, 0.29) is 30.1 Å². The van der Waals surface area contributed by atoms with Crippen molar-refractivity contribution < 1.29 is 9.53 Å². The van der Waals surface area contributed by atoms with E-state index >= 15 is 0 Å². The number of nitrogens with zero attached hydrogens (tertiary/aromatic N) is 3. The number of nitrogens with one attached hydrogen (secondary N) is 1. The van der Waals surface area contributed by atoms with E-state index in [1.165, 1.54) is 6.42 Å². The number of ether oxygens (including phenoxy) is 1. The van der Waals surface area contributed by atoms with Gasteiger partial charge in [0.1, 0.15) is 5.60 Å². The number of rotatable bonds is 1. The molecule has 0 radical (unpaired) electrons. The molecule has 3 aliphatic rings. The van der Waals surface area contributed by atoms with Crippen molar-refractivity contribution in [1.82, 2.24) is 15.1 Å². The molecule has 0 aromatic rings. The minimum atomic E-state index is -0.435. The zero-order chi connectivity index (χ0) is 15.2. The summed E-state index contributed by atoms with van der Waals surface area (Å²) in [5, 5.41) is 3.53. The quantitative estimate of drug-likeness (QED) is 0.656. The van der Waals surface area contributed by atoms with Crippen molar-refractivity contribution in [2.75, 3.05) is 26.2 Å². The maximum Gasteiger partial charge on any atom is 0.410 e. The smallest absolute Gasteiger partial charge is 0.410 e. The normalized spacial score (nSPS) is 30.2. The van der Waals surface area contributed by atoms with Gasteiger partial charge in [0.2, 0.25) is 0 Å². The van der Waals surface area contributed by atoms with Gasteiger partial charge in [0.05, 0.1) is 12.6 Å². The van der Waals surface area contributed by atoms with Gasteiger partial charge in [-0.05, 0) is 33.1 Å². The van der Waals surface area contributed by atoms with Crippen molar-refractivity contribution >= 4 is 36.0 Å². The summed E-state index contributed by atoms with van der Waals surface area (Å²) in [6.45, 7) is 11.0. The molecule has 2 aliphatic heterocycles. The molecule has 3 atom stereocenters. The van der Waals surface area contributed by atoms with Crippen LogP contribution in [0.5, 0.6) is 0 Å². The summed E-state index contributed by atoms with van der Waals surface area (Å²) < 4.78 is 5.46. The number of piperazine rings is 1. The molecule has 3 rings (SSSR count). The van der Waals surface area contributed by atoms with Gasteiger partial charge in [0.15, 0.2) is 5.96 Å². The van der Waals surface area contributed by atoms with Gasteiger partial charge in [-0.15, -0.1) is 24.0 Å². The lowest BCUT2D eigenvalue weighted by molar-refractivity contribution is 0.0137. The van der Waals surface area contributed by atoms with E-state index in [0.29, 0.717) is 25.2 Å². The minimum absolute atomic E-state index is 0. The van der Waals surface area contributed by atoms with Gasteiger partial charge in [-0.3, -0.25) is 4.99 Å². The fourth-order valence-electron chi connectivity index (χ4n) is 2.88. The number of hydrogen-bond donors (Lipinski definition) is 1. The lowest BCUT2D eigenvalue weighted by Crippen LogP contribution is -2.57. The standard InChI is InChI=1S/C15H26N4O2.HI/c1-10-7-12(10)17-13-16-8-11-9-18(5-6-19(11)13)14(20)21-15(2,3)4;/h10-12H,5-9H2,1-4H3,(H,16,17);1H. The van der Waals surface area contributed by atoms with E-state index in [2.05, 4.69) is 22.1 Å². The summed E-state index contributed by atoms with van der Waals surface area (Å²) >= 11 is 0. The van der Waals surface area contributed by atoms with Crippen LogP contribution in [0.1, 0.15) is 34.1 Å². The first-order valence-corrected chi connectivity index (χ1v) is 7.89. The van der Waals surface area contributed by atoms with E-state index < -0.39 is 5.60 Å². The molecular weight excluding hydrogens is 395 g/mol. The molecule has 1 aliphatic carbocycles. The van der Waals surface area contributed by atoms with Crippen molar-refractivity contribution in [3.63, 3.8) is 0 Å². The Bertz CT molecular complexity index is 463. The van der Waals surface area contributed by atoms with Crippen LogP contribution in [-0.4, -0.2) is 65.7 Å². The third kappa shape index (κ3) is 3.97. The number of carbonyl (C=O) groups is 1. The zero-order valence-electron chi connectivity index (χ0n) is 13.8. The number of hydrogen-bond acceptors (Lipinski definition) is 5. The molecule has 22 heavy (non-hydrogen) atoms. The Hall–Kier alpha value is -0.730. The highest BCUT2D eigenvalue weighted by Gasteiger charge is 2.40. The Labute approximate surface area is 149 Å². The zero-order valence-corrected chi connectivity index (χ0v) is 16.2. The van der Waals surface area contributed by atoms with Gasteiger partial charge in [-0.2, -0.15) is 0 Å². The number of amides is 1. The van der Waals surface area contributed by atoms with E-state index in [0.717, 1.165) is 25.0 Å². The minimum Gasteiger partial charge on any atom is -0.444 e. The maximum absolute atomic E-state index is 12.1. The third-order valence-corrected chi connectivity index (χ3v) is 4.28. The first-order chi connectivity index (χ1) is 9.83. The molecule has 6 nitrogen and oxygen atoms in total. The van der Waals surface area contributed by atoms with Crippen LogP contribution in [0.25, 0.3) is 0 Å². The van der Waals surface area contributed by atoms with Gasteiger partial charge in [-0.1, -0.05) is 6.92 Å². The first kappa shape index (κ1) is 17.6. The molecule has 7 heteroatoms. The van der Waals surface area contributed by atoms with Gasteiger partial charge >= 0.3 is 6.09 Å².